The molecular formula is C22H26N8O2. The number of ether oxygens (including phenoxy) is 1. The third kappa shape index (κ3) is 3.72. The molecule has 0 spiro atoms. The van der Waals surface area contributed by atoms with Crippen molar-refractivity contribution in [2.45, 2.75) is 37.8 Å². The summed E-state index contributed by atoms with van der Waals surface area (Å²) in [6.07, 6.45) is 9.43. The number of fused-ring (bicyclic) bond motifs is 1. The average Bonchev–Trinajstić information content (AvgIpc) is 3.40. The molecule has 32 heavy (non-hydrogen) atoms. The van der Waals surface area contributed by atoms with Crippen LogP contribution in [-0.4, -0.2) is 47.5 Å². The lowest BCUT2D eigenvalue weighted by Gasteiger charge is -2.29. The summed E-state index contributed by atoms with van der Waals surface area (Å²) in [6.45, 7) is 0. The molecule has 1 aliphatic carbocycles. The molecule has 0 saturated heterocycles. The number of aryl methyl sites for hydroxylation is 2. The van der Waals surface area contributed by atoms with Gasteiger partial charge in [0.05, 0.1) is 17.8 Å². The van der Waals surface area contributed by atoms with E-state index < -0.39 is 0 Å². The fraction of sp³-hybridized carbons (Fsp3) is 0.409. The highest BCUT2D eigenvalue weighted by molar-refractivity contribution is 5.93. The minimum absolute atomic E-state index is 0.0745. The van der Waals surface area contributed by atoms with Gasteiger partial charge in [0.25, 0.3) is 5.56 Å². The first-order valence-electron chi connectivity index (χ1n) is 10.8. The predicted octanol–water partition coefficient (Wildman–Crippen LogP) is 2.53. The molecule has 1 fully saturated rings. The van der Waals surface area contributed by atoms with E-state index in [4.69, 9.17) is 9.84 Å². The molecule has 0 unspecified atom stereocenters. The maximum atomic E-state index is 11.5. The molecule has 0 atom stereocenters. The first kappa shape index (κ1) is 20.2. The highest BCUT2D eigenvalue weighted by Crippen LogP contribution is 2.36. The molecule has 5 rings (SSSR count). The quantitative estimate of drug-likeness (QED) is 0.515. The molecule has 4 heterocycles. The van der Waals surface area contributed by atoms with E-state index in [1.54, 1.807) is 17.8 Å². The number of aromatic nitrogens is 7. The smallest absolute Gasteiger partial charge is 0.266 e. The van der Waals surface area contributed by atoms with E-state index in [0.717, 1.165) is 53.7 Å². The van der Waals surface area contributed by atoms with Gasteiger partial charge in [-0.3, -0.25) is 14.2 Å². The maximum Gasteiger partial charge on any atom is 0.266 e. The third-order valence-electron chi connectivity index (χ3n) is 6.04. The summed E-state index contributed by atoms with van der Waals surface area (Å²) in [5.41, 5.74) is 2.79. The standard InChI is InChI=1S/C22H26N8O2/c1-23-19-10-18-17(12-24-19)22(14-11-25-28(2)13-14)27-30(18)15-4-6-16(7-5-15)32-20-8-9-21(31)29(3)26-20/h8-13,15-16H,4-7H2,1-3H3,(H,23,24)/t15-,16+. The van der Waals surface area contributed by atoms with Crippen molar-refractivity contribution in [3.8, 4) is 17.1 Å². The number of anilines is 1. The van der Waals surface area contributed by atoms with Crippen LogP contribution in [0.15, 0.2) is 41.6 Å². The second-order valence-corrected chi connectivity index (χ2v) is 8.21. The van der Waals surface area contributed by atoms with Crippen molar-refractivity contribution >= 4 is 16.7 Å². The number of rotatable bonds is 5. The normalized spacial score (nSPS) is 18.7. The Labute approximate surface area is 184 Å². The van der Waals surface area contributed by atoms with Gasteiger partial charge in [0.15, 0.2) is 0 Å². The fourth-order valence-electron chi connectivity index (χ4n) is 4.33. The summed E-state index contributed by atoms with van der Waals surface area (Å²) >= 11 is 0. The molecule has 4 aromatic heterocycles. The summed E-state index contributed by atoms with van der Waals surface area (Å²) in [7, 11) is 5.40. The second-order valence-electron chi connectivity index (χ2n) is 8.21. The Kier molecular flexibility index (Phi) is 5.12. The van der Waals surface area contributed by atoms with Crippen LogP contribution in [0.5, 0.6) is 5.88 Å². The largest absolute Gasteiger partial charge is 0.473 e. The van der Waals surface area contributed by atoms with E-state index in [-0.39, 0.29) is 17.7 Å². The van der Waals surface area contributed by atoms with Crippen LogP contribution in [0.3, 0.4) is 0 Å². The Morgan fingerprint density at radius 3 is 2.59 bits per heavy atom. The van der Waals surface area contributed by atoms with Gasteiger partial charge in [-0.25, -0.2) is 9.67 Å². The number of hydrogen-bond acceptors (Lipinski definition) is 7. The van der Waals surface area contributed by atoms with Crippen molar-refractivity contribution in [2.24, 2.45) is 14.1 Å². The Bertz CT molecular complexity index is 1310. The van der Waals surface area contributed by atoms with Crippen LogP contribution >= 0.6 is 0 Å². The molecule has 0 amide bonds. The van der Waals surface area contributed by atoms with Crippen molar-refractivity contribution in [1.29, 1.82) is 0 Å². The van der Waals surface area contributed by atoms with Crippen LogP contribution in [0.2, 0.25) is 0 Å². The van der Waals surface area contributed by atoms with E-state index in [1.165, 1.54) is 10.7 Å². The number of hydrogen-bond donors (Lipinski definition) is 1. The van der Waals surface area contributed by atoms with Crippen LogP contribution < -0.4 is 15.6 Å². The van der Waals surface area contributed by atoms with Crippen molar-refractivity contribution in [2.75, 3.05) is 12.4 Å². The second kappa shape index (κ2) is 8.10. The fourth-order valence-corrected chi connectivity index (χ4v) is 4.33. The van der Waals surface area contributed by atoms with Crippen LogP contribution in [0.4, 0.5) is 5.82 Å². The van der Waals surface area contributed by atoms with Gasteiger partial charge in [0.2, 0.25) is 5.88 Å². The molecule has 10 heteroatoms. The molecule has 0 bridgehead atoms. The van der Waals surface area contributed by atoms with Gasteiger partial charge in [-0.15, -0.1) is 5.10 Å². The van der Waals surface area contributed by atoms with Gasteiger partial charge < -0.3 is 10.1 Å². The van der Waals surface area contributed by atoms with E-state index in [2.05, 4.69) is 31.2 Å². The molecular weight excluding hydrogens is 408 g/mol. The lowest BCUT2D eigenvalue weighted by Crippen LogP contribution is -2.27. The highest BCUT2D eigenvalue weighted by Gasteiger charge is 2.27. The topological polar surface area (TPSA) is 105 Å². The Morgan fingerprint density at radius 1 is 1.09 bits per heavy atom. The zero-order valence-corrected chi connectivity index (χ0v) is 18.4. The van der Waals surface area contributed by atoms with Crippen molar-refractivity contribution < 1.29 is 4.74 Å². The van der Waals surface area contributed by atoms with Crippen molar-refractivity contribution in [1.82, 2.24) is 34.3 Å². The first-order chi connectivity index (χ1) is 15.5. The molecule has 0 aromatic carbocycles. The van der Waals surface area contributed by atoms with Gasteiger partial charge in [0.1, 0.15) is 17.6 Å². The molecule has 1 N–H and O–H groups in total. The number of pyridine rings is 1. The average molecular weight is 435 g/mol. The van der Waals surface area contributed by atoms with Gasteiger partial charge in [-0.05, 0) is 25.7 Å². The molecule has 0 aliphatic heterocycles. The van der Waals surface area contributed by atoms with Crippen LogP contribution in [0.1, 0.15) is 31.7 Å². The van der Waals surface area contributed by atoms with Gasteiger partial charge in [0, 0.05) is 62.7 Å². The maximum absolute atomic E-state index is 11.5. The van der Waals surface area contributed by atoms with Gasteiger partial charge in [-0.2, -0.15) is 10.2 Å². The van der Waals surface area contributed by atoms with E-state index >= 15 is 0 Å². The van der Waals surface area contributed by atoms with Crippen molar-refractivity contribution in [3.05, 3.63) is 47.1 Å². The lowest BCUT2D eigenvalue weighted by molar-refractivity contribution is 0.123. The highest BCUT2D eigenvalue weighted by atomic mass is 16.5. The molecule has 0 radical (unpaired) electrons. The minimum atomic E-state index is -0.147. The Morgan fingerprint density at radius 2 is 1.91 bits per heavy atom. The summed E-state index contributed by atoms with van der Waals surface area (Å²) in [5, 5.41) is 17.6. The van der Waals surface area contributed by atoms with E-state index in [1.807, 2.05) is 32.7 Å². The molecule has 1 aliphatic rings. The lowest BCUT2D eigenvalue weighted by atomic mass is 9.93. The van der Waals surface area contributed by atoms with E-state index in [0.29, 0.717) is 5.88 Å². The summed E-state index contributed by atoms with van der Waals surface area (Å²) in [6, 6.07) is 5.45. The van der Waals surface area contributed by atoms with Gasteiger partial charge in [-0.1, -0.05) is 0 Å². The van der Waals surface area contributed by atoms with Crippen LogP contribution in [0.25, 0.3) is 22.2 Å². The molecule has 10 nitrogen and oxygen atoms in total. The molecule has 1 saturated carbocycles. The number of nitrogens with one attached hydrogen (secondary N) is 1. The first-order valence-corrected chi connectivity index (χ1v) is 10.8. The van der Waals surface area contributed by atoms with Gasteiger partial charge >= 0.3 is 0 Å². The van der Waals surface area contributed by atoms with Crippen LogP contribution in [-0.2, 0) is 14.1 Å². The number of nitrogens with zero attached hydrogens (tertiary/aromatic N) is 7. The van der Waals surface area contributed by atoms with Crippen LogP contribution in [0, 0.1) is 0 Å². The third-order valence-corrected chi connectivity index (χ3v) is 6.04. The monoisotopic (exact) mass is 434 g/mol. The minimum Gasteiger partial charge on any atom is -0.473 e. The predicted molar refractivity (Wildman–Crippen MR) is 121 cm³/mol. The summed E-state index contributed by atoms with van der Waals surface area (Å²) in [5.74, 6) is 1.30. The van der Waals surface area contributed by atoms with E-state index in [9.17, 15) is 4.79 Å². The zero-order chi connectivity index (χ0) is 22.2. The SMILES string of the molecule is CNc1cc2c(cn1)c(-c1cnn(C)c1)nn2[C@H]1CC[C@@H](Oc2ccc(=O)n(C)n2)CC1. The molecule has 4 aromatic rings. The van der Waals surface area contributed by atoms with Crippen molar-refractivity contribution in [3.63, 3.8) is 0 Å². The summed E-state index contributed by atoms with van der Waals surface area (Å²) < 4.78 is 11.3. The summed E-state index contributed by atoms with van der Waals surface area (Å²) in [4.78, 5) is 16.0. The zero-order valence-electron chi connectivity index (χ0n) is 18.4. The molecule has 166 valence electrons. The Hall–Kier alpha value is -3.69. The Balaban J connectivity index is 1.40.